The standard InChI is InChI=1S/C20H18Cl2N2O3/c1-27-14-6-2-12(3-7-14)10-23(13-4-5-13)11-24-19(25)15-8-17(21)18(22)9-16(15)20(24)26/h2-3,6-9,13H,4-5,10-11H2,1H3. The summed E-state index contributed by atoms with van der Waals surface area (Å²) in [7, 11) is 1.63. The first-order chi connectivity index (χ1) is 13.0. The number of nitrogens with zero attached hydrogens (tertiary/aromatic N) is 2. The van der Waals surface area contributed by atoms with Gasteiger partial charge in [0.2, 0.25) is 0 Å². The Morgan fingerprint density at radius 3 is 2.07 bits per heavy atom. The molecule has 0 atom stereocenters. The molecule has 140 valence electrons. The van der Waals surface area contributed by atoms with E-state index in [9.17, 15) is 9.59 Å². The smallest absolute Gasteiger partial charge is 0.262 e. The van der Waals surface area contributed by atoms with Crippen LogP contribution in [0.3, 0.4) is 0 Å². The van der Waals surface area contributed by atoms with Gasteiger partial charge in [0.1, 0.15) is 5.75 Å². The molecule has 0 spiro atoms. The van der Waals surface area contributed by atoms with Gasteiger partial charge in [0.05, 0.1) is 35.0 Å². The molecule has 7 heteroatoms. The highest BCUT2D eigenvalue weighted by Gasteiger charge is 2.39. The Balaban J connectivity index is 1.54. The van der Waals surface area contributed by atoms with Crippen molar-refractivity contribution in [1.29, 1.82) is 0 Å². The predicted octanol–water partition coefficient (Wildman–Crippen LogP) is 4.22. The van der Waals surface area contributed by atoms with E-state index < -0.39 is 0 Å². The van der Waals surface area contributed by atoms with Gasteiger partial charge in [0, 0.05) is 12.6 Å². The minimum Gasteiger partial charge on any atom is -0.497 e. The SMILES string of the molecule is COc1ccc(CN(CN2C(=O)c3cc(Cl)c(Cl)cc3C2=O)C2CC2)cc1. The fourth-order valence-electron chi connectivity index (χ4n) is 3.29. The third-order valence-corrected chi connectivity index (χ3v) is 5.66. The van der Waals surface area contributed by atoms with Gasteiger partial charge < -0.3 is 4.74 Å². The zero-order valence-electron chi connectivity index (χ0n) is 14.7. The minimum absolute atomic E-state index is 0.248. The first-order valence-electron chi connectivity index (χ1n) is 8.70. The van der Waals surface area contributed by atoms with Crippen LogP contribution in [0.4, 0.5) is 0 Å². The van der Waals surface area contributed by atoms with Gasteiger partial charge in [-0.25, -0.2) is 0 Å². The van der Waals surface area contributed by atoms with Gasteiger partial charge in [-0.05, 0) is 42.7 Å². The molecular weight excluding hydrogens is 387 g/mol. The van der Waals surface area contributed by atoms with Gasteiger partial charge in [-0.15, -0.1) is 0 Å². The second-order valence-electron chi connectivity index (χ2n) is 6.82. The van der Waals surface area contributed by atoms with Gasteiger partial charge in [0.25, 0.3) is 11.8 Å². The van der Waals surface area contributed by atoms with Crippen LogP contribution in [-0.2, 0) is 6.54 Å². The summed E-state index contributed by atoms with van der Waals surface area (Å²) in [6.45, 7) is 0.905. The Morgan fingerprint density at radius 2 is 1.59 bits per heavy atom. The lowest BCUT2D eigenvalue weighted by atomic mass is 10.1. The summed E-state index contributed by atoms with van der Waals surface area (Å²) in [5, 5.41) is 0.548. The number of carbonyl (C=O) groups is 2. The highest BCUT2D eigenvalue weighted by molar-refractivity contribution is 6.43. The number of halogens is 2. The van der Waals surface area contributed by atoms with Crippen LogP contribution in [0, 0.1) is 0 Å². The van der Waals surface area contributed by atoms with Crippen molar-refractivity contribution < 1.29 is 14.3 Å². The third kappa shape index (κ3) is 3.55. The Morgan fingerprint density at radius 1 is 1.04 bits per heavy atom. The molecule has 2 aliphatic rings. The van der Waals surface area contributed by atoms with Gasteiger partial charge in [-0.2, -0.15) is 0 Å². The summed E-state index contributed by atoms with van der Waals surface area (Å²) in [5.74, 6) is 0.147. The van der Waals surface area contributed by atoms with E-state index in [2.05, 4.69) is 4.90 Å². The molecule has 2 aromatic carbocycles. The maximum absolute atomic E-state index is 12.7. The molecule has 5 nitrogen and oxygen atoms in total. The number of rotatable bonds is 6. The van der Waals surface area contributed by atoms with Crippen LogP contribution in [0.2, 0.25) is 10.0 Å². The molecule has 2 aromatic rings. The Labute approximate surface area is 167 Å². The van der Waals surface area contributed by atoms with Gasteiger partial charge in [-0.3, -0.25) is 19.4 Å². The molecule has 0 saturated heterocycles. The van der Waals surface area contributed by atoms with Crippen LogP contribution >= 0.6 is 23.2 Å². The largest absolute Gasteiger partial charge is 0.497 e. The van der Waals surface area contributed by atoms with Crippen LogP contribution < -0.4 is 4.74 Å². The number of methoxy groups -OCH3 is 1. The number of hydrogen-bond donors (Lipinski definition) is 0. The van der Waals surface area contributed by atoms with Crippen molar-refractivity contribution in [3.8, 4) is 5.75 Å². The van der Waals surface area contributed by atoms with Crippen LogP contribution in [0.25, 0.3) is 0 Å². The molecule has 1 aliphatic heterocycles. The maximum Gasteiger partial charge on any atom is 0.262 e. The first kappa shape index (κ1) is 18.3. The summed E-state index contributed by atoms with van der Waals surface area (Å²) >= 11 is 12.0. The highest BCUT2D eigenvalue weighted by atomic mass is 35.5. The Hall–Kier alpha value is -2.08. The minimum atomic E-state index is -0.325. The normalized spacial score (nSPS) is 16.2. The average molecular weight is 405 g/mol. The quantitative estimate of drug-likeness (QED) is 0.676. The zero-order chi connectivity index (χ0) is 19.1. The topological polar surface area (TPSA) is 49.9 Å². The molecular formula is C20H18Cl2N2O3. The fraction of sp³-hybridized carbons (Fsp3) is 0.300. The van der Waals surface area contributed by atoms with Crippen LogP contribution in [-0.4, -0.2) is 41.4 Å². The van der Waals surface area contributed by atoms with E-state index in [-0.39, 0.29) is 28.5 Å². The van der Waals surface area contributed by atoms with Crippen molar-refractivity contribution in [3.05, 3.63) is 63.1 Å². The third-order valence-electron chi connectivity index (χ3n) is 4.94. The van der Waals surface area contributed by atoms with Gasteiger partial charge in [-0.1, -0.05) is 35.3 Å². The van der Waals surface area contributed by atoms with E-state index >= 15 is 0 Å². The van der Waals surface area contributed by atoms with Crippen molar-refractivity contribution in [3.63, 3.8) is 0 Å². The van der Waals surface area contributed by atoms with E-state index in [1.807, 2.05) is 24.3 Å². The monoisotopic (exact) mass is 404 g/mol. The Kier molecular flexibility index (Phi) is 4.84. The number of amides is 2. The average Bonchev–Trinajstić information content (AvgIpc) is 3.48. The van der Waals surface area contributed by atoms with Gasteiger partial charge in [0.15, 0.2) is 0 Å². The summed E-state index contributed by atoms with van der Waals surface area (Å²) in [4.78, 5) is 28.9. The Bertz CT molecular complexity index is 869. The maximum atomic E-state index is 12.7. The fourth-order valence-corrected chi connectivity index (χ4v) is 3.62. The summed E-state index contributed by atoms with van der Waals surface area (Å²) in [6, 6.07) is 11.1. The molecule has 0 bridgehead atoms. The van der Waals surface area contributed by atoms with E-state index in [1.54, 1.807) is 7.11 Å². The number of hydrogen-bond acceptors (Lipinski definition) is 4. The molecule has 1 heterocycles. The molecule has 27 heavy (non-hydrogen) atoms. The molecule has 0 N–H and O–H groups in total. The molecule has 1 saturated carbocycles. The van der Waals surface area contributed by atoms with Crippen molar-refractivity contribution in [2.75, 3.05) is 13.8 Å². The lowest BCUT2D eigenvalue weighted by Gasteiger charge is -2.26. The zero-order valence-corrected chi connectivity index (χ0v) is 16.3. The molecule has 2 amide bonds. The second kappa shape index (κ2) is 7.15. The molecule has 1 fully saturated rings. The lowest BCUT2D eigenvalue weighted by molar-refractivity contribution is 0.0522. The van der Waals surface area contributed by atoms with Crippen molar-refractivity contribution in [1.82, 2.24) is 9.80 Å². The number of imide groups is 1. The summed E-state index contributed by atoms with van der Waals surface area (Å²) < 4.78 is 5.19. The molecule has 0 aromatic heterocycles. The molecule has 1 aliphatic carbocycles. The molecule has 0 unspecified atom stereocenters. The predicted molar refractivity (Wildman–Crippen MR) is 103 cm³/mol. The first-order valence-corrected chi connectivity index (χ1v) is 9.45. The van der Waals surface area contributed by atoms with Crippen molar-refractivity contribution >= 4 is 35.0 Å². The summed E-state index contributed by atoms with van der Waals surface area (Å²) in [6.07, 6.45) is 2.13. The van der Waals surface area contributed by atoms with Gasteiger partial charge >= 0.3 is 0 Å². The van der Waals surface area contributed by atoms with Crippen LogP contribution in [0.15, 0.2) is 36.4 Å². The number of ether oxygens (including phenoxy) is 1. The second-order valence-corrected chi connectivity index (χ2v) is 7.63. The molecule has 4 rings (SSSR count). The highest BCUT2D eigenvalue weighted by Crippen LogP contribution is 2.34. The van der Waals surface area contributed by atoms with Crippen LogP contribution in [0.5, 0.6) is 5.75 Å². The van der Waals surface area contributed by atoms with Crippen molar-refractivity contribution in [2.24, 2.45) is 0 Å². The lowest BCUT2D eigenvalue weighted by Crippen LogP contribution is -2.42. The van der Waals surface area contributed by atoms with E-state index in [0.29, 0.717) is 23.7 Å². The van der Waals surface area contributed by atoms with E-state index in [0.717, 1.165) is 24.2 Å². The summed E-state index contributed by atoms with van der Waals surface area (Å²) in [5.41, 5.74) is 1.73. The van der Waals surface area contributed by atoms with Crippen LogP contribution in [0.1, 0.15) is 39.1 Å². The van der Waals surface area contributed by atoms with E-state index in [1.165, 1.54) is 17.0 Å². The molecule has 0 radical (unpaired) electrons. The number of carbonyl (C=O) groups excluding carboxylic acids is 2. The number of benzene rings is 2. The van der Waals surface area contributed by atoms with E-state index in [4.69, 9.17) is 27.9 Å². The van der Waals surface area contributed by atoms with Crippen molar-refractivity contribution in [2.45, 2.75) is 25.4 Å². The number of fused-ring (bicyclic) bond motifs is 1.